The van der Waals surface area contributed by atoms with E-state index >= 15 is 0 Å². The number of rotatable bonds is 11. The summed E-state index contributed by atoms with van der Waals surface area (Å²) in [6.07, 6.45) is 15.7. The molecule has 1 spiro atoms. The van der Waals surface area contributed by atoms with Crippen molar-refractivity contribution in [3.8, 4) is 0 Å². The second-order valence-electron chi connectivity index (χ2n) is 25.2. The Balaban J connectivity index is 1.07. The molecule has 0 aromatic rings. The highest BCUT2D eigenvalue weighted by Gasteiger charge is 2.62. The number of ether oxygens (including phenoxy) is 10. The molecule has 1 aliphatic carbocycles. The number of likely N-dealkylation sites (tertiary alicyclic amines) is 1. The summed E-state index contributed by atoms with van der Waals surface area (Å²) in [6.45, 7) is 29.2. The van der Waals surface area contributed by atoms with Gasteiger partial charge in [-0.15, -0.1) is 0 Å². The number of hydrogen-bond acceptors (Lipinski definition) is 14. The van der Waals surface area contributed by atoms with Gasteiger partial charge in [0.05, 0.1) is 55.4 Å². The Morgan fingerprint density at radius 3 is 2.34 bits per heavy atom. The highest BCUT2D eigenvalue weighted by atomic mass is 28.4. The van der Waals surface area contributed by atoms with Crippen molar-refractivity contribution in [3.05, 3.63) is 70.9 Å². The zero-order valence-corrected chi connectivity index (χ0v) is 50.1. The summed E-state index contributed by atoms with van der Waals surface area (Å²) in [4.78, 5) is 30.1. The first-order chi connectivity index (χ1) is 36.4. The lowest BCUT2D eigenvalue weighted by molar-refractivity contribution is -0.305. The van der Waals surface area contributed by atoms with E-state index in [2.05, 4.69) is 86.7 Å². The van der Waals surface area contributed by atoms with Gasteiger partial charge in [-0.1, -0.05) is 91.3 Å². The minimum absolute atomic E-state index is 0.00103. The van der Waals surface area contributed by atoms with Gasteiger partial charge in [-0.3, -0.25) is 9.59 Å². The van der Waals surface area contributed by atoms with E-state index < -0.39 is 93.0 Å². The molecule has 0 aromatic heterocycles. The summed E-state index contributed by atoms with van der Waals surface area (Å²) < 4.78 is 73.4. The largest absolute Gasteiger partial charge is 0.462 e. The van der Waals surface area contributed by atoms with Crippen LogP contribution >= 0.6 is 0 Å². The molecule has 5 saturated heterocycles. The first kappa shape index (κ1) is 60.3. The number of amides is 1. The van der Waals surface area contributed by atoms with Crippen LogP contribution in [0.2, 0.25) is 18.1 Å². The van der Waals surface area contributed by atoms with E-state index in [4.69, 9.17) is 51.8 Å². The van der Waals surface area contributed by atoms with Crippen LogP contribution in [0.3, 0.4) is 0 Å². The molecule has 432 valence electrons. The van der Waals surface area contributed by atoms with Gasteiger partial charge in [-0.2, -0.15) is 0 Å². The summed E-state index contributed by atoms with van der Waals surface area (Å²) >= 11 is 0. The molecule has 8 aliphatic rings. The van der Waals surface area contributed by atoms with E-state index in [-0.39, 0.29) is 53.6 Å². The number of piperidine rings is 1. The average molecular weight is 1090 g/mol. The molecule has 5 fully saturated rings. The van der Waals surface area contributed by atoms with Gasteiger partial charge in [0.25, 0.3) is 0 Å². The zero-order valence-electron chi connectivity index (χ0n) is 49.1. The lowest BCUT2D eigenvalue weighted by atomic mass is 9.71. The Morgan fingerprint density at radius 2 is 1.65 bits per heavy atom. The number of aliphatic hydroxyl groups is 1. The maximum atomic E-state index is 14.9. The number of carbonyl (C=O) groups excluding carboxylic acids is 2. The normalized spacial score (nSPS) is 43.1. The Labute approximate surface area is 461 Å². The number of nitrogens with zero attached hydrogens (tertiary/aromatic N) is 1. The highest BCUT2D eigenvalue weighted by molar-refractivity contribution is 6.74. The molecule has 0 aromatic carbocycles. The zero-order chi connectivity index (χ0) is 55.8. The van der Waals surface area contributed by atoms with E-state index in [1.165, 1.54) is 0 Å². The fourth-order valence-electron chi connectivity index (χ4n) is 12.7. The van der Waals surface area contributed by atoms with Crippen molar-refractivity contribution >= 4 is 20.2 Å². The summed E-state index contributed by atoms with van der Waals surface area (Å²) in [5.41, 5.74) is 1.45. The van der Waals surface area contributed by atoms with Crippen molar-refractivity contribution in [2.45, 2.75) is 243 Å². The van der Waals surface area contributed by atoms with Crippen molar-refractivity contribution in [1.29, 1.82) is 0 Å². The maximum Gasteiger partial charge on any atom is 0.316 e. The highest BCUT2D eigenvalue weighted by Crippen LogP contribution is 2.50. The van der Waals surface area contributed by atoms with Crippen molar-refractivity contribution in [2.24, 2.45) is 23.7 Å². The molecule has 15 nitrogen and oxygen atoms in total. The Bertz CT molecular complexity index is 2260. The third kappa shape index (κ3) is 13.1. The van der Waals surface area contributed by atoms with Crippen LogP contribution in [-0.4, -0.2) is 155 Å². The monoisotopic (exact) mass is 1090 g/mol. The number of carbonyl (C=O) groups is 2. The van der Waals surface area contributed by atoms with Crippen molar-refractivity contribution in [2.75, 3.05) is 33.9 Å². The Kier molecular flexibility index (Phi) is 19.3. The maximum absolute atomic E-state index is 14.9. The van der Waals surface area contributed by atoms with Gasteiger partial charge in [-0.25, -0.2) is 0 Å². The molecule has 77 heavy (non-hydrogen) atoms. The van der Waals surface area contributed by atoms with Crippen molar-refractivity contribution in [1.82, 2.24) is 4.90 Å². The van der Waals surface area contributed by atoms with Gasteiger partial charge in [0, 0.05) is 70.9 Å². The molecule has 16 heteroatoms. The van der Waals surface area contributed by atoms with Crippen LogP contribution < -0.4 is 0 Å². The molecule has 1 amide bonds. The third-order valence-corrected chi connectivity index (χ3v) is 23.0. The topological polar surface area (TPSA) is 159 Å². The summed E-state index contributed by atoms with van der Waals surface area (Å²) in [7, 11) is 0.954. The fraction of sp³-hybridized carbons (Fsp3) is 0.770. The minimum atomic E-state index is -2.39. The molecule has 2 bridgehead atoms. The number of hydrogen-bond donors (Lipinski definition) is 1. The molecule has 1 N–H and O–H groups in total. The smallest absolute Gasteiger partial charge is 0.316 e. The summed E-state index contributed by atoms with van der Waals surface area (Å²) in [5.74, 6) is -2.44. The van der Waals surface area contributed by atoms with Gasteiger partial charge >= 0.3 is 5.97 Å². The molecule has 19 atom stereocenters. The van der Waals surface area contributed by atoms with E-state index in [1.807, 2.05) is 50.0 Å². The van der Waals surface area contributed by atoms with Crippen LogP contribution in [0.25, 0.3) is 0 Å². The van der Waals surface area contributed by atoms with E-state index in [0.717, 1.165) is 55.5 Å². The predicted octanol–water partition coefficient (Wildman–Crippen LogP) is 9.98. The van der Waals surface area contributed by atoms with Crippen LogP contribution in [0, 0.1) is 23.7 Å². The molecule has 0 unspecified atom stereocenters. The molecule has 7 heterocycles. The predicted molar refractivity (Wildman–Crippen MR) is 296 cm³/mol. The minimum Gasteiger partial charge on any atom is -0.462 e. The van der Waals surface area contributed by atoms with E-state index in [1.54, 1.807) is 20.3 Å². The first-order valence-corrected chi connectivity index (χ1v) is 32.0. The lowest BCUT2D eigenvalue weighted by Crippen LogP contribution is -2.60. The van der Waals surface area contributed by atoms with Crippen LogP contribution in [0.15, 0.2) is 70.9 Å². The molecule has 8 rings (SSSR count). The third-order valence-electron chi connectivity index (χ3n) is 18.6. The van der Waals surface area contributed by atoms with Crippen LogP contribution in [0.1, 0.15) is 134 Å². The van der Waals surface area contributed by atoms with Gasteiger partial charge in [0.2, 0.25) is 5.91 Å². The second kappa shape index (κ2) is 24.7. The van der Waals surface area contributed by atoms with E-state index in [9.17, 15) is 14.7 Å². The van der Waals surface area contributed by atoms with Crippen molar-refractivity contribution < 1.29 is 66.5 Å². The summed E-state index contributed by atoms with van der Waals surface area (Å²) in [6, 6.07) is 0. The molecular formula is C61H95NO14Si. The van der Waals surface area contributed by atoms with Gasteiger partial charge < -0.3 is 61.8 Å². The average Bonchev–Trinajstić information content (AvgIpc) is 3.80. The Morgan fingerprint density at radius 1 is 0.922 bits per heavy atom. The standard InChI is InChI=1S/C61H95NO14Si/c1-16-36(2)54-39(5)25-26-60(75-54)34-45-30-44(74-60)24-23-38(4)53(37(3)21-20-22-43-35-68-57-55(76-77(14,15)59(9,10)11)40(6)29-47(58(64)71-45)61(43,57)65)72-52-33-49(67-13)56(42(8)70-52)73-51-32-48(66-12)46(41(7)69-51)31-50(63)62-27-18-17-19-28-62/h20-23,25-26,29,31,36-37,39,41-42,44-45,47-49,51-57,65H,16-19,24,27-28,30,32-35H2,1-15H3/b21-20+,38-23+,43-22+,46-31-/t36-,37-,39-,41-,42-,44+,45-,47-,48-,49-,51-,52-,53-,54+,55+,56-,57+,60+,61+/m0/s1. The molecule has 7 aliphatic heterocycles. The molecule has 0 saturated carbocycles. The van der Waals surface area contributed by atoms with Crippen LogP contribution in [0.4, 0.5) is 0 Å². The first-order valence-electron chi connectivity index (χ1n) is 29.1. The van der Waals surface area contributed by atoms with Crippen LogP contribution in [-0.2, 0) is 61.4 Å². The van der Waals surface area contributed by atoms with Gasteiger partial charge in [0.1, 0.15) is 29.8 Å². The number of esters is 1. The van der Waals surface area contributed by atoms with Crippen LogP contribution in [0.5, 0.6) is 0 Å². The number of methoxy groups -OCH3 is 2. The summed E-state index contributed by atoms with van der Waals surface area (Å²) in [5, 5.41) is 13.2. The SMILES string of the molecule is CC[C@H](C)[C@H]1O[C@]2(C=C[C@@H]1C)C[C@@H]1C[C@@H](C/C=C(\C)[C@@H](O[C@H]3C[C@H](OC)[C@@H](O[C@H]4C[C@H](OC)/C(=C\C(=O)N5CCCCC5)[C@H](C)O4)[C@H](C)O3)[C@@H](C)/C=C/C=C3\CO[C@@H]4[C@H](O[Si](C)(C)C(C)(C)C)C(C)=C[C@@H](C(=O)O1)[C@]34O)O2. The van der Waals surface area contributed by atoms with Crippen molar-refractivity contribution in [3.63, 3.8) is 0 Å². The van der Waals surface area contributed by atoms with E-state index in [0.29, 0.717) is 37.7 Å². The van der Waals surface area contributed by atoms with Gasteiger partial charge in [-0.05, 0) is 106 Å². The molecular weight excluding hydrogens is 999 g/mol. The Hall–Kier alpha value is -2.84. The second-order valence-corrected chi connectivity index (χ2v) is 30.0. The lowest BCUT2D eigenvalue weighted by Gasteiger charge is -2.49. The quantitative estimate of drug-likeness (QED) is 0.0902. The number of allylic oxidation sites excluding steroid dienone is 2. The fourth-order valence-corrected chi connectivity index (χ4v) is 14.0. The van der Waals surface area contributed by atoms with Gasteiger partial charge in [0.15, 0.2) is 26.7 Å². The molecule has 0 radical (unpaired) electrons. The number of fused-ring (bicyclic) bond motifs is 2.